The first-order valence-electron chi connectivity index (χ1n) is 13.4. The van der Waals surface area contributed by atoms with Crippen molar-refractivity contribution < 1.29 is 9.47 Å². The van der Waals surface area contributed by atoms with Crippen LogP contribution in [0.3, 0.4) is 0 Å². The van der Waals surface area contributed by atoms with Crippen LogP contribution in [0.15, 0.2) is 146 Å². The van der Waals surface area contributed by atoms with E-state index < -0.39 is 0 Å². The van der Waals surface area contributed by atoms with E-state index in [1.165, 1.54) is 5.56 Å². The smallest absolute Gasteiger partial charge is 0.134 e. The van der Waals surface area contributed by atoms with E-state index in [2.05, 4.69) is 133 Å². The fourth-order valence-electron chi connectivity index (χ4n) is 5.37. The highest BCUT2D eigenvalue weighted by molar-refractivity contribution is 5.94. The summed E-state index contributed by atoms with van der Waals surface area (Å²) in [6, 6.07) is 50.8. The molecule has 194 valence electrons. The first kappa shape index (κ1) is 25.2. The Bertz CT molecular complexity index is 1740. The lowest BCUT2D eigenvalue weighted by molar-refractivity contribution is 0.416. The average Bonchev–Trinajstić information content (AvgIpc) is 3.05. The van der Waals surface area contributed by atoms with E-state index in [0.29, 0.717) is 0 Å². The lowest BCUT2D eigenvalue weighted by atomic mass is 9.88. The Morgan fingerprint density at radius 3 is 1.38 bits per heavy atom. The van der Waals surface area contributed by atoms with Crippen molar-refractivity contribution in [2.75, 3.05) is 14.2 Å². The summed E-state index contributed by atoms with van der Waals surface area (Å²) in [5.74, 6) is 1.71. The quantitative estimate of drug-likeness (QED) is 0.209. The molecule has 0 aliphatic carbocycles. The molecule has 40 heavy (non-hydrogen) atoms. The van der Waals surface area contributed by atoms with E-state index in [9.17, 15) is 0 Å². The molecule has 0 aliphatic rings. The van der Waals surface area contributed by atoms with Gasteiger partial charge in [-0.3, -0.25) is 0 Å². The highest BCUT2D eigenvalue weighted by Crippen LogP contribution is 2.46. The molecule has 6 aromatic carbocycles. The summed E-state index contributed by atoms with van der Waals surface area (Å²) in [7, 11) is 3.48. The molecule has 0 atom stereocenters. The Hall–Kier alpha value is -5.08. The van der Waals surface area contributed by atoms with Gasteiger partial charge in [0.2, 0.25) is 0 Å². The van der Waals surface area contributed by atoms with Crippen LogP contribution < -0.4 is 9.47 Å². The lowest BCUT2D eigenvalue weighted by Crippen LogP contribution is -1.96. The van der Waals surface area contributed by atoms with Gasteiger partial charge in [0.05, 0.1) is 14.2 Å². The Kier molecular flexibility index (Phi) is 7.15. The normalized spacial score (nSPS) is 10.8. The van der Waals surface area contributed by atoms with Crippen LogP contribution in [0.4, 0.5) is 0 Å². The third-order valence-corrected chi connectivity index (χ3v) is 7.30. The van der Waals surface area contributed by atoms with E-state index in [1.54, 1.807) is 14.2 Å². The minimum Gasteiger partial charge on any atom is -0.496 e. The zero-order chi connectivity index (χ0) is 27.3. The summed E-state index contributed by atoms with van der Waals surface area (Å²) >= 11 is 0. The van der Waals surface area contributed by atoms with Gasteiger partial charge >= 0.3 is 0 Å². The molecular formula is C38H30O2. The second-order valence-corrected chi connectivity index (χ2v) is 9.66. The zero-order valence-corrected chi connectivity index (χ0v) is 22.7. The minimum absolute atomic E-state index is 0.849. The second kappa shape index (κ2) is 11.3. The Morgan fingerprint density at radius 2 is 0.800 bits per heavy atom. The predicted octanol–water partition coefficient (Wildman–Crippen LogP) is 10.0. The molecule has 0 bridgehead atoms. The minimum atomic E-state index is 0.849. The van der Waals surface area contributed by atoms with Gasteiger partial charge in [-0.2, -0.15) is 0 Å². The fraction of sp³-hybridized carbons (Fsp3) is 0.0526. The van der Waals surface area contributed by atoms with Gasteiger partial charge in [0.15, 0.2) is 0 Å². The number of methoxy groups -OCH3 is 2. The van der Waals surface area contributed by atoms with Crippen LogP contribution in [-0.4, -0.2) is 14.2 Å². The fourth-order valence-corrected chi connectivity index (χ4v) is 5.37. The highest BCUT2D eigenvalue weighted by Gasteiger charge is 2.19. The van der Waals surface area contributed by atoms with Gasteiger partial charge < -0.3 is 9.47 Å². The molecule has 0 N–H and O–H groups in total. The van der Waals surface area contributed by atoms with Crippen LogP contribution >= 0.6 is 0 Å². The van der Waals surface area contributed by atoms with E-state index in [-0.39, 0.29) is 0 Å². The molecule has 0 amide bonds. The summed E-state index contributed by atoms with van der Waals surface area (Å²) in [6.07, 6.45) is 0. The van der Waals surface area contributed by atoms with Crippen molar-refractivity contribution in [3.05, 3.63) is 146 Å². The third kappa shape index (κ3) is 4.88. The summed E-state index contributed by atoms with van der Waals surface area (Å²) in [5.41, 5.74) is 11.1. The molecule has 0 unspecified atom stereocenters. The van der Waals surface area contributed by atoms with Crippen molar-refractivity contribution in [3.8, 4) is 67.1 Å². The second-order valence-electron chi connectivity index (χ2n) is 9.66. The monoisotopic (exact) mass is 518 g/mol. The highest BCUT2D eigenvalue weighted by atomic mass is 16.5. The lowest BCUT2D eigenvalue weighted by Gasteiger charge is -2.20. The molecule has 0 fully saturated rings. The largest absolute Gasteiger partial charge is 0.496 e. The topological polar surface area (TPSA) is 18.5 Å². The molecular weight excluding hydrogens is 488 g/mol. The van der Waals surface area contributed by atoms with Crippen molar-refractivity contribution in [2.24, 2.45) is 0 Å². The van der Waals surface area contributed by atoms with E-state index >= 15 is 0 Å². The molecule has 0 saturated carbocycles. The van der Waals surface area contributed by atoms with Crippen molar-refractivity contribution in [3.63, 3.8) is 0 Å². The van der Waals surface area contributed by atoms with Gasteiger partial charge in [0.1, 0.15) is 11.5 Å². The van der Waals surface area contributed by atoms with Gasteiger partial charge in [-0.05, 0) is 63.2 Å². The molecule has 0 aromatic heterocycles. The number of ether oxygens (including phenoxy) is 2. The molecule has 0 radical (unpaired) electrons. The maximum absolute atomic E-state index is 6.18. The van der Waals surface area contributed by atoms with Crippen molar-refractivity contribution in [2.45, 2.75) is 0 Å². The predicted molar refractivity (Wildman–Crippen MR) is 167 cm³/mol. The van der Waals surface area contributed by atoms with Crippen LogP contribution in [0.5, 0.6) is 11.5 Å². The molecule has 0 saturated heterocycles. The molecule has 6 rings (SSSR count). The Labute approximate surface area is 236 Å². The van der Waals surface area contributed by atoms with Gasteiger partial charge in [-0.25, -0.2) is 0 Å². The van der Waals surface area contributed by atoms with Crippen LogP contribution in [0.1, 0.15) is 0 Å². The molecule has 2 nitrogen and oxygen atoms in total. The molecule has 6 aromatic rings. The Morgan fingerprint density at radius 1 is 0.325 bits per heavy atom. The van der Waals surface area contributed by atoms with E-state index in [0.717, 1.165) is 61.6 Å². The zero-order valence-electron chi connectivity index (χ0n) is 22.7. The van der Waals surface area contributed by atoms with E-state index in [4.69, 9.17) is 9.47 Å². The third-order valence-electron chi connectivity index (χ3n) is 7.30. The standard InChI is InChI=1S/C38H30O2/c1-39-37-23-22-30(24-34(37)28-16-8-4-9-17-28)31-25-35(29-18-10-5-11-19-29)38(40-2)36(26-31)33-21-13-12-20-32(33)27-14-6-3-7-15-27/h3-26H,1-2H3. The number of hydrogen-bond acceptors (Lipinski definition) is 2. The first-order valence-corrected chi connectivity index (χ1v) is 13.4. The van der Waals surface area contributed by atoms with Gasteiger partial charge in [0.25, 0.3) is 0 Å². The summed E-state index contributed by atoms with van der Waals surface area (Å²) in [6.45, 7) is 0. The molecule has 2 heteroatoms. The van der Waals surface area contributed by atoms with E-state index in [1.807, 2.05) is 12.1 Å². The van der Waals surface area contributed by atoms with Crippen LogP contribution in [0.25, 0.3) is 55.6 Å². The van der Waals surface area contributed by atoms with Crippen molar-refractivity contribution in [1.82, 2.24) is 0 Å². The number of rotatable bonds is 7. The maximum Gasteiger partial charge on any atom is 0.134 e. The number of benzene rings is 6. The van der Waals surface area contributed by atoms with Crippen LogP contribution in [0.2, 0.25) is 0 Å². The van der Waals surface area contributed by atoms with Crippen molar-refractivity contribution in [1.29, 1.82) is 0 Å². The van der Waals surface area contributed by atoms with Gasteiger partial charge in [-0.1, -0.05) is 121 Å². The van der Waals surface area contributed by atoms with Gasteiger partial charge in [0, 0.05) is 16.7 Å². The SMILES string of the molecule is COc1ccc(-c2cc(-c3ccccc3)c(OC)c(-c3ccccc3-c3ccccc3)c2)cc1-c1ccccc1. The molecule has 0 heterocycles. The van der Waals surface area contributed by atoms with Crippen LogP contribution in [-0.2, 0) is 0 Å². The molecule has 0 spiro atoms. The van der Waals surface area contributed by atoms with Gasteiger partial charge in [-0.15, -0.1) is 0 Å². The molecule has 0 aliphatic heterocycles. The summed E-state index contributed by atoms with van der Waals surface area (Å²) in [4.78, 5) is 0. The van der Waals surface area contributed by atoms with Crippen LogP contribution in [0, 0.1) is 0 Å². The van der Waals surface area contributed by atoms with Crippen molar-refractivity contribution >= 4 is 0 Å². The number of hydrogen-bond donors (Lipinski definition) is 0. The Balaban J connectivity index is 1.62. The maximum atomic E-state index is 6.18. The summed E-state index contributed by atoms with van der Waals surface area (Å²) < 4.78 is 11.9. The average molecular weight is 519 g/mol. The summed E-state index contributed by atoms with van der Waals surface area (Å²) in [5, 5.41) is 0. The first-order chi connectivity index (χ1) is 19.8.